The van der Waals surface area contributed by atoms with Gasteiger partial charge < -0.3 is 5.11 Å². The summed E-state index contributed by atoms with van der Waals surface area (Å²) in [6, 6.07) is 3.88. The highest BCUT2D eigenvalue weighted by Crippen LogP contribution is 2.18. The second kappa shape index (κ2) is 4.50. The number of aliphatic carboxylic acids is 1. The SMILES string of the molecule is O=C(O)C(F)Cc1ccc(F)c(Br)c1. The Morgan fingerprint density at radius 1 is 1.57 bits per heavy atom. The first kappa shape index (κ1) is 11.1. The molecule has 0 bridgehead atoms. The molecule has 0 amide bonds. The Balaban J connectivity index is 2.78. The van der Waals surface area contributed by atoms with E-state index in [1.807, 2.05) is 0 Å². The van der Waals surface area contributed by atoms with Crippen molar-refractivity contribution in [2.24, 2.45) is 0 Å². The summed E-state index contributed by atoms with van der Waals surface area (Å²) in [4.78, 5) is 10.2. The number of carbonyl (C=O) groups is 1. The largest absolute Gasteiger partial charge is 0.479 e. The molecular weight excluding hydrogens is 258 g/mol. The predicted octanol–water partition coefficient (Wildman–Crippen LogP) is 2.55. The molecule has 1 atom stereocenters. The number of benzene rings is 1. The van der Waals surface area contributed by atoms with E-state index in [-0.39, 0.29) is 10.9 Å². The molecule has 5 heteroatoms. The van der Waals surface area contributed by atoms with E-state index in [0.29, 0.717) is 5.56 Å². The zero-order valence-corrected chi connectivity index (χ0v) is 8.59. The number of alkyl halides is 1. The van der Waals surface area contributed by atoms with Crippen molar-refractivity contribution in [3.8, 4) is 0 Å². The summed E-state index contributed by atoms with van der Waals surface area (Å²) in [6.07, 6.45) is -2.21. The van der Waals surface area contributed by atoms with Crippen LogP contribution in [0.3, 0.4) is 0 Å². The monoisotopic (exact) mass is 264 g/mol. The van der Waals surface area contributed by atoms with Crippen LogP contribution < -0.4 is 0 Å². The van der Waals surface area contributed by atoms with Gasteiger partial charge in [-0.25, -0.2) is 13.6 Å². The molecule has 1 unspecified atom stereocenters. The van der Waals surface area contributed by atoms with Gasteiger partial charge in [0.15, 0.2) is 0 Å². The summed E-state index contributed by atoms with van der Waals surface area (Å²) < 4.78 is 25.7. The number of hydrogen-bond donors (Lipinski definition) is 1. The van der Waals surface area contributed by atoms with Crippen molar-refractivity contribution >= 4 is 21.9 Å². The zero-order valence-electron chi connectivity index (χ0n) is 7.01. The van der Waals surface area contributed by atoms with Gasteiger partial charge in [0.1, 0.15) is 5.82 Å². The van der Waals surface area contributed by atoms with Crippen LogP contribution in [0.15, 0.2) is 22.7 Å². The van der Waals surface area contributed by atoms with Gasteiger partial charge in [-0.15, -0.1) is 0 Å². The van der Waals surface area contributed by atoms with Crippen LogP contribution in [-0.4, -0.2) is 17.2 Å². The van der Waals surface area contributed by atoms with Crippen molar-refractivity contribution in [1.82, 2.24) is 0 Å². The number of carboxylic acids is 1. The Bertz CT molecular complexity index is 355. The molecule has 0 heterocycles. The highest BCUT2D eigenvalue weighted by Gasteiger charge is 2.16. The van der Waals surface area contributed by atoms with Crippen molar-refractivity contribution in [3.05, 3.63) is 34.1 Å². The third-order valence-corrected chi connectivity index (χ3v) is 2.27. The minimum atomic E-state index is -1.95. The third kappa shape index (κ3) is 2.77. The first-order valence-electron chi connectivity index (χ1n) is 3.81. The van der Waals surface area contributed by atoms with Crippen LogP contribution in [-0.2, 0) is 11.2 Å². The van der Waals surface area contributed by atoms with E-state index in [1.165, 1.54) is 12.1 Å². The van der Waals surface area contributed by atoms with Gasteiger partial charge in [0, 0.05) is 6.42 Å². The second-order valence-corrected chi connectivity index (χ2v) is 3.61. The van der Waals surface area contributed by atoms with Gasteiger partial charge in [0.25, 0.3) is 0 Å². The first-order valence-corrected chi connectivity index (χ1v) is 4.61. The van der Waals surface area contributed by atoms with Crippen molar-refractivity contribution in [1.29, 1.82) is 0 Å². The Hall–Kier alpha value is -0.970. The number of rotatable bonds is 3. The molecule has 0 fully saturated rings. The topological polar surface area (TPSA) is 37.3 Å². The molecule has 2 nitrogen and oxygen atoms in total. The molecule has 0 aliphatic carbocycles. The number of carboxylic acid groups (broad SMARTS) is 1. The lowest BCUT2D eigenvalue weighted by Gasteiger charge is -2.04. The van der Waals surface area contributed by atoms with Gasteiger partial charge in [0.05, 0.1) is 4.47 Å². The maximum atomic E-state index is 12.7. The average Bonchev–Trinajstić information content (AvgIpc) is 2.11. The molecule has 1 aromatic carbocycles. The maximum Gasteiger partial charge on any atom is 0.338 e. The van der Waals surface area contributed by atoms with Crippen molar-refractivity contribution in [2.45, 2.75) is 12.6 Å². The van der Waals surface area contributed by atoms with E-state index in [2.05, 4.69) is 15.9 Å². The summed E-state index contributed by atoms with van der Waals surface area (Å²) >= 11 is 2.93. The van der Waals surface area contributed by atoms with E-state index in [0.717, 1.165) is 6.07 Å². The fraction of sp³-hybridized carbons (Fsp3) is 0.222. The summed E-state index contributed by atoms with van der Waals surface area (Å²) in [6.45, 7) is 0. The van der Waals surface area contributed by atoms with Crippen LogP contribution in [0.1, 0.15) is 5.56 Å². The van der Waals surface area contributed by atoms with Gasteiger partial charge in [-0.2, -0.15) is 0 Å². The maximum absolute atomic E-state index is 12.7. The quantitative estimate of drug-likeness (QED) is 0.911. The van der Waals surface area contributed by atoms with Gasteiger partial charge in [-0.1, -0.05) is 6.07 Å². The van der Waals surface area contributed by atoms with E-state index in [9.17, 15) is 13.6 Å². The fourth-order valence-electron chi connectivity index (χ4n) is 0.961. The van der Waals surface area contributed by atoms with Gasteiger partial charge in [-0.05, 0) is 33.6 Å². The number of hydrogen-bond acceptors (Lipinski definition) is 1. The molecule has 0 radical (unpaired) electrons. The zero-order chi connectivity index (χ0) is 10.7. The normalized spacial score (nSPS) is 12.5. The number of halogens is 3. The van der Waals surface area contributed by atoms with Crippen LogP contribution in [0, 0.1) is 5.82 Å². The van der Waals surface area contributed by atoms with Gasteiger partial charge in [-0.3, -0.25) is 0 Å². The molecule has 0 aliphatic heterocycles. The Kier molecular flexibility index (Phi) is 3.57. The average molecular weight is 265 g/mol. The summed E-state index contributed by atoms with van der Waals surface area (Å²) in [7, 11) is 0. The first-order chi connectivity index (χ1) is 6.50. The Labute approximate surface area is 87.7 Å². The van der Waals surface area contributed by atoms with Crippen molar-refractivity contribution in [3.63, 3.8) is 0 Å². The van der Waals surface area contributed by atoms with E-state index in [4.69, 9.17) is 5.11 Å². The van der Waals surface area contributed by atoms with Crippen molar-refractivity contribution < 1.29 is 18.7 Å². The van der Waals surface area contributed by atoms with E-state index < -0.39 is 18.0 Å². The molecule has 14 heavy (non-hydrogen) atoms. The molecule has 0 spiro atoms. The van der Waals surface area contributed by atoms with Crippen LogP contribution in [0.4, 0.5) is 8.78 Å². The third-order valence-electron chi connectivity index (χ3n) is 1.67. The molecule has 0 aliphatic rings. The lowest BCUT2D eigenvalue weighted by atomic mass is 10.1. The van der Waals surface area contributed by atoms with Gasteiger partial charge in [0.2, 0.25) is 6.17 Å². The minimum Gasteiger partial charge on any atom is -0.479 e. The van der Waals surface area contributed by atoms with Gasteiger partial charge >= 0.3 is 5.97 Å². The lowest BCUT2D eigenvalue weighted by molar-refractivity contribution is -0.142. The van der Waals surface area contributed by atoms with E-state index in [1.54, 1.807) is 0 Å². The summed E-state index contributed by atoms with van der Waals surface area (Å²) in [5.74, 6) is -1.97. The second-order valence-electron chi connectivity index (χ2n) is 2.76. The van der Waals surface area contributed by atoms with Crippen LogP contribution >= 0.6 is 15.9 Å². The van der Waals surface area contributed by atoms with Crippen LogP contribution in [0.5, 0.6) is 0 Å². The fourth-order valence-corrected chi connectivity index (χ4v) is 1.39. The highest BCUT2D eigenvalue weighted by molar-refractivity contribution is 9.10. The van der Waals surface area contributed by atoms with Crippen LogP contribution in [0.2, 0.25) is 0 Å². The Morgan fingerprint density at radius 2 is 2.21 bits per heavy atom. The standard InChI is InChI=1S/C9H7BrF2O2/c10-6-3-5(1-2-7(6)11)4-8(12)9(13)14/h1-3,8H,4H2,(H,13,14). The minimum absolute atomic E-state index is 0.201. The molecule has 0 saturated carbocycles. The molecule has 0 saturated heterocycles. The highest BCUT2D eigenvalue weighted by atomic mass is 79.9. The molecular formula is C9H7BrF2O2. The van der Waals surface area contributed by atoms with Crippen molar-refractivity contribution in [2.75, 3.05) is 0 Å². The predicted molar refractivity (Wildman–Crippen MR) is 50.3 cm³/mol. The molecule has 0 aromatic heterocycles. The molecule has 1 N–H and O–H groups in total. The lowest BCUT2D eigenvalue weighted by Crippen LogP contribution is -2.17. The summed E-state index contributed by atoms with van der Waals surface area (Å²) in [5, 5.41) is 8.31. The van der Waals surface area contributed by atoms with Crippen LogP contribution in [0.25, 0.3) is 0 Å². The van der Waals surface area contributed by atoms with E-state index >= 15 is 0 Å². The Morgan fingerprint density at radius 3 is 2.71 bits per heavy atom. The smallest absolute Gasteiger partial charge is 0.338 e. The molecule has 76 valence electrons. The summed E-state index contributed by atoms with van der Waals surface area (Å²) in [5.41, 5.74) is 0.438. The molecule has 1 rings (SSSR count). The molecule has 1 aromatic rings.